The molecule has 1 saturated heterocycles. The minimum absolute atomic E-state index is 0.0516. The molecule has 1 atom stereocenters. The first kappa shape index (κ1) is 22.2. The molecule has 1 N–H and O–H groups in total. The van der Waals surface area contributed by atoms with Gasteiger partial charge >= 0.3 is 10.2 Å². The minimum Gasteiger partial charge on any atom is -0.453 e. The van der Waals surface area contributed by atoms with Gasteiger partial charge in [-0.1, -0.05) is 0 Å². The van der Waals surface area contributed by atoms with Gasteiger partial charge in [-0.15, -0.1) is 0 Å². The molecule has 12 heteroatoms. The smallest absolute Gasteiger partial charge is 0.301 e. The largest absolute Gasteiger partial charge is 0.453 e. The number of benzene rings is 2. The summed E-state index contributed by atoms with van der Waals surface area (Å²) in [5.41, 5.74) is -1.10. The van der Waals surface area contributed by atoms with Gasteiger partial charge in [0.1, 0.15) is 23.6 Å². The van der Waals surface area contributed by atoms with Crippen molar-refractivity contribution >= 4 is 26.8 Å². The molecule has 0 radical (unpaired) electrons. The topological polar surface area (TPSA) is 117 Å². The summed E-state index contributed by atoms with van der Waals surface area (Å²) in [7, 11) is -2.55. The summed E-state index contributed by atoms with van der Waals surface area (Å²) in [6, 6.07) is 8.21. The van der Waals surface area contributed by atoms with Crippen LogP contribution in [0.1, 0.15) is 18.4 Å². The third-order valence-electron chi connectivity index (χ3n) is 6.45. The van der Waals surface area contributed by atoms with E-state index in [0.717, 1.165) is 16.4 Å². The summed E-state index contributed by atoms with van der Waals surface area (Å²) in [4.78, 5) is 16.5. The Bertz CT molecular complexity index is 1530. The molecule has 0 bridgehead atoms. The summed E-state index contributed by atoms with van der Waals surface area (Å²) < 4.78 is 64.2. The highest BCUT2D eigenvalue weighted by atomic mass is 32.2. The van der Waals surface area contributed by atoms with E-state index in [4.69, 9.17) is 4.74 Å². The molecule has 2 aliphatic rings. The highest BCUT2D eigenvalue weighted by Gasteiger charge is 2.58. The van der Waals surface area contributed by atoms with E-state index in [1.807, 2.05) is 0 Å². The lowest BCUT2D eigenvalue weighted by Crippen LogP contribution is -2.67. The fourth-order valence-electron chi connectivity index (χ4n) is 4.27. The van der Waals surface area contributed by atoms with Crippen molar-refractivity contribution in [1.82, 2.24) is 13.9 Å². The van der Waals surface area contributed by atoms with Gasteiger partial charge in [-0.2, -0.15) is 18.0 Å². The second kappa shape index (κ2) is 7.75. The van der Waals surface area contributed by atoms with E-state index in [-0.39, 0.29) is 41.0 Å². The Hall–Kier alpha value is -3.56. The number of halogens is 2. The van der Waals surface area contributed by atoms with Crippen LogP contribution in [0.2, 0.25) is 0 Å². The summed E-state index contributed by atoms with van der Waals surface area (Å²) >= 11 is 0. The van der Waals surface area contributed by atoms with Crippen molar-refractivity contribution in [3.8, 4) is 17.6 Å². The monoisotopic (exact) mass is 487 g/mol. The summed E-state index contributed by atoms with van der Waals surface area (Å²) in [6.45, 7) is 0.103. The predicted octanol–water partition coefficient (Wildman–Crippen LogP) is 2.83. The van der Waals surface area contributed by atoms with Crippen molar-refractivity contribution < 1.29 is 21.9 Å². The number of hydrogen-bond acceptors (Lipinski definition) is 6. The number of hydrogen-bond donors (Lipinski definition) is 1. The second-order valence-corrected chi connectivity index (χ2v) is 10.3. The number of alkyl halides is 1. The number of fused-ring (bicyclic) bond motifs is 1. The maximum Gasteiger partial charge on any atom is 0.301 e. The molecule has 1 aliphatic heterocycles. The Kier molecular flexibility index (Phi) is 5.07. The number of ether oxygens (including phenoxy) is 1. The Morgan fingerprint density at radius 1 is 1.29 bits per heavy atom. The zero-order chi connectivity index (χ0) is 24.3. The van der Waals surface area contributed by atoms with Crippen molar-refractivity contribution in [2.75, 3.05) is 17.8 Å². The molecule has 0 unspecified atom stereocenters. The van der Waals surface area contributed by atoms with Gasteiger partial charge in [0.2, 0.25) is 0 Å². The highest BCUT2D eigenvalue weighted by Crippen LogP contribution is 2.51. The average Bonchev–Trinajstić information content (AvgIpc) is 2.76. The molecule has 176 valence electrons. The van der Waals surface area contributed by atoms with Gasteiger partial charge in [0.25, 0.3) is 5.56 Å². The molecule has 9 nitrogen and oxygen atoms in total. The van der Waals surface area contributed by atoms with Crippen molar-refractivity contribution in [1.29, 1.82) is 5.26 Å². The van der Waals surface area contributed by atoms with E-state index >= 15 is 0 Å². The maximum atomic E-state index is 14.6. The SMILES string of the molecule is Cn1cnc2ccc(Oc3c(F)ccc(NS(=O)(=O)N4CC5(CC[C@@H]5F)C4)c3C#N)cc2c1=O. The van der Waals surface area contributed by atoms with Crippen LogP contribution in [-0.4, -0.2) is 41.5 Å². The lowest BCUT2D eigenvalue weighted by atomic mass is 9.63. The molecule has 2 aromatic carbocycles. The molecular formula is C22H19F2N5O4S. The zero-order valence-corrected chi connectivity index (χ0v) is 18.8. The number of nitrogens with one attached hydrogen (secondary N) is 1. The Balaban J connectivity index is 1.44. The van der Waals surface area contributed by atoms with Gasteiger partial charge < -0.3 is 9.30 Å². The molecule has 1 aromatic heterocycles. The molecule has 5 rings (SSSR count). The fourth-order valence-corrected chi connectivity index (χ4v) is 5.70. The van der Waals surface area contributed by atoms with Crippen molar-refractivity contribution in [3.05, 3.63) is 58.4 Å². The van der Waals surface area contributed by atoms with E-state index in [1.54, 1.807) is 6.07 Å². The lowest BCUT2D eigenvalue weighted by molar-refractivity contribution is -0.0889. The van der Waals surface area contributed by atoms with Gasteiger partial charge in [0.05, 0.1) is 22.9 Å². The van der Waals surface area contributed by atoms with E-state index < -0.39 is 33.4 Å². The van der Waals surface area contributed by atoms with Crippen molar-refractivity contribution in [2.24, 2.45) is 12.5 Å². The van der Waals surface area contributed by atoms with Crippen molar-refractivity contribution in [2.45, 2.75) is 19.0 Å². The van der Waals surface area contributed by atoms with Gasteiger partial charge in [-0.25, -0.2) is 13.8 Å². The Morgan fingerprint density at radius 2 is 2.06 bits per heavy atom. The van der Waals surface area contributed by atoms with Gasteiger partial charge in [0.15, 0.2) is 11.6 Å². The third-order valence-corrected chi connectivity index (χ3v) is 7.87. The van der Waals surface area contributed by atoms with E-state index in [9.17, 15) is 27.3 Å². The third kappa shape index (κ3) is 3.48. The first-order chi connectivity index (χ1) is 16.1. The fraction of sp³-hybridized carbons (Fsp3) is 0.318. The number of rotatable bonds is 5. The van der Waals surface area contributed by atoms with Crippen LogP contribution in [0.4, 0.5) is 14.5 Å². The molecule has 0 amide bonds. The standard InChI is InChI=1S/C22H19F2N5O4S/c1-28-12-26-17-4-2-13(8-14(17)21(28)30)33-20-15(9-25)18(5-3-16(20)23)27-34(31,32)29-10-22(11-29)7-6-19(22)24/h2-5,8,12,19,27H,6-7,10-11H2,1H3/t19-/m0/s1. The van der Waals surface area contributed by atoms with Crippen molar-refractivity contribution in [3.63, 3.8) is 0 Å². The van der Waals surface area contributed by atoms with Crippen LogP contribution in [0, 0.1) is 22.6 Å². The van der Waals surface area contributed by atoms with Crippen LogP contribution in [0.5, 0.6) is 11.5 Å². The normalized spacial score (nSPS) is 19.3. The van der Waals surface area contributed by atoms with Crippen LogP contribution in [0.3, 0.4) is 0 Å². The molecule has 1 saturated carbocycles. The Labute approximate surface area is 193 Å². The molecular weight excluding hydrogens is 468 g/mol. The molecule has 2 fully saturated rings. The number of aromatic nitrogens is 2. The van der Waals surface area contributed by atoms with Crippen LogP contribution in [-0.2, 0) is 17.3 Å². The molecule has 3 aromatic rings. The first-order valence-corrected chi connectivity index (χ1v) is 11.9. The maximum absolute atomic E-state index is 14.6. The van der Waals surface area contributed by atoms with Gasteiger partial charge in [-0.05, 0) is 43.2 Å². The van der Waals surface area contributed by atoms with E-state index in [2.05, 4.69) is 9.71 Å². The summed E-state index contributed by atoms with van der Waals surface area (Å²) in [6.07, 6.45) is 1.40. The lowest BCUT2D eigenvalue weighted by Gasteiger charge is -2.56. The van der Waals surface area contributed by atoms with E-state index in [0.29, 0.717) is 18.4 Å². The second-order valence-electron chi connectivity index (χ2n) is 8.60. The van der Waals surface area contributed by atoms with Crippen LogP contribution in [0.25, 0.3) is 10.9 Å². The number of nitrogens with zero attached hydrogens (tertiary/aromatic N) is 4. The zero-order valence-electron chi connectivity index (χ0n) is 18.0. The molecule has 34 heavy (non-hydrogen) atoms. The summed E-state index contributed by atoms with van der Waals surface area (Å²) in [5.74, 6) is -1.32. The van der Waals surface area contributed by atoms with Crippen LogP contribution in [0.15, 0.2) is 41.5 Å². The van der Waals surface area contributed by atoms with Gasteiger partial charge in [-0.3, -0.25) is 9.52 Å². The number of nitriles is 1. The quantitative estimate of drug-likeness (QED) is 0.592. The number of anilines is 1. The number of aryl methyl sites for hydroxylation is 1. The van der Waals surface area contributed by atoms with E-state index in [1.165, 1.54) is 36.1 Å². The minimum atomic E-state index is -4.09. The van der Waals surface area contributed by atoms with Crippen LogP contribution < -0.4 is 15.0 Å². The van der Waals surface area contributed by atoms with Gasteiger partial charge in [0, 0.05) is 25.6 Å². The van der Waals surface area contributed by atoms with Crippen LogP contribution >= 0.6 is 0 Å². The molecule has 2 heterocycles. The Morgan fingerprint density at radius 3 is 2.71 bits per heavy atom. The molecule has 1 aliphatic carbocycles. The molecule has 1 spiro atoms. The summed E-state index contributed by atoms with van der Waals surface area (Å²) in [5, 5.41) is 9.90. The average molecular weight is 487 g/mol. The first-order valence-electron chi connectivity index (χ1n) is 10.4. The highest BCUT2D eigenvalue weighted by molar-refractivity contribution is 7.90. The predicted molar refractivity (Wildman–Crippen MR) is 119 cm³/mol.